The van der Waals surface area contributed by atoms with Crippen molar-refractivity contribution in [2.24, 2.45) is 0 Å². The lowest BCUT2D eigenvalue weighted by Crippen LogP contribution is -2.37. The standard InChI is InChI=1S/C20H25NO5S/c1-5-15(2)21(20(22)17-9-7-6-8-10-17)14-16-11-12-18(25-3)19(13-16)26-27(4,23)24/h6-13,15H,5,14H2,1-4H3/t15-/m1/s1. The van der Waals surface area contributed by atoms with E-state index in [0.717, 1.165) is 18.2 Å². The summed E-state index contributed by atoms with van der Waals surface area (Å²) in [6.07, 6.45) is 1.77. The molecule has 2 aromatic rings. The van der Waals surface area contributed by atoms with Gasteiger partial charge in [-0.15, -0.1) is 0 Å². The Morgan fingerprint density at radius 3 is 2.33 bits per heavy atom. The van der Waals surface area contributed by atoms with Crippen molar-refractivity contribution >= 4 is 16.0 Å². The molecule has 7 heteroatoms. The van der Waals surface area contributed by atoms with Crippen LogP contribution in [0.3, 0.4) is 0 Å². The van der Waals surface area contributed by atoms with Crippen LogP contribution < -0.4 is 8.92 Å². The quantitative estimate of drug-likeness (QED) is 0.644. The van der Waals surface area contributed by atoms with Crippen LogP contribution in [0, 0.1) is 0 Å². The van der Waals surface area contributed by atoms with Crippen LogP contribution in [0.4, 0.5) is 0 Å². The van der Waals surface area contributed by atoms with Gasteiger partial charge in [-0.1, -0.05) is 31.2 Å². The number of ether oxygens (including phenoxy) is 1. The van der Waals surface area contributed by atoms with E-state index in [0.29, 0.717) is 17.9 Å². The number of benzene rings is 2. The summed E-state index contributed by atoms with van der Waals surface area (Å²) < 4.78 is 33.2. The average molecular weight is 391 g/mol. The van der Waals surface area contributed by atoms with Gasteiger partial charge in [-0.3, -0.25) is 4.79 Å². The molecule has 0 aromatic heterocycles. The summed E-state index contributed by atoms with van der Waals surface area (Å²) in [7, 11) is -2.26. The molecule has 0 bridgehead atoms. The van der Waals surface area contributed by atoms with Crippen LogP contribution in [0.15, 0.2) is 48.5 Å². The summed E-state index contributed by atoms with van der Waals surface area (Å²) in [5.41, 5.74) is 1.36. The molecule has 0 radical (unpaired) electrons. The maximum atomic E-state index is 13.0. The Kier molecular flexibility index (Phi) is 6.85. The van der Waals surface area contributed by atoms with E-state index in [9.17, 15) is 13.2 Å². The Hall–Kier alpha value is -2.54. The topological polar surface area (TPSA) is 72.9 Å². The van der Waals surface area contributed by atoms with Crippen molar-refractivity contribution < 1.29 is 22.1 Å². The van der Waals surface area contributed by atoms with Crippen molar-refractivity contribution in [3.63, 3.8) is 0 Å². The fourth-order valence-corrected chi connectivity index (χ4v) is 3.10. The summed E-state index contributed by atoms with van der Waals surface area (Å²) in [6.45, 7) is 4.33. The van der Waals surface area contributed by atoms with Gasteiger partial charge in [-0.25, -0.2) is 0 Å². The normalized spacial score (nSPS) is 12.3. The minimum absolute atomic E-state index is 0.0130. The second-order valence-corrected chi connectivity index (χ2v) is 7.90. The number of hydrogen-bond acceptors (Lipinski definition) is 5. The Morgan fingerprint density at radius 2 is 1.78 bits per heavy atom. The number of amides is 1. The third-order valence-electron chi connectivity index (χ3n) is 4.23. The molecule has 0 aliphatic heterocycles. The SMILES string of the molecule is CC[C@@H](C)N(Cc1ccc(OC)c(OS(C)(=O)=O)c1)C(=O)c1ccccc1. The molecular formula is C20H25NO5S. The summed E-state index contributed by atoms with van der Waals surface area (Å²) in [6, 6.07) is 14.1. The monoisotopic (exact) mass is 391 g/mol. The molecule has 6 nitrogen and oxygen atoms in total. The molecule has 0 fully saturated rings. The van der Waals surface area contributed by atoms with E-state index < -0.39 is 10.1 Å². The van der Waals surface area contributed by atoms with Crippen LogP contribution >= 0.6 is 0 Å². The van der Waals surface area contributed by atoms with Crippen molar-refractivity contribution in [2.75, 3.05) is 13.4 Å². The van der Waals surface area contributed by atoms with E-state index in [-0.39, 0.29) is 17.7 Å². The molecule has 0 saturated heterocycles. The number of carbonyl (C=O) groups is 1. The number of nitrogens with zero attached hydrogens (tertiary/aromatic N) is 1. The highest BCUT2D eigenvalue weighted by atomic mass is 32.2. The Morgan fingerprint density at radius 1 is 1.11 bits per heavy atom. The first-order valence-electron chi connectivity index (χ1n) is 8.67. The molecule has 1 amide bonds. The van der Waals surface area contributed by atoms with Gasteiger partial charge < -0.3 is 13.8 Å². The zero-order chi connectivity index (χ0) is 20.0. The van der Waals surface area contributed by atoms with Gasteiger partial charge in [-0.2, -0.15) is 8.42 Å². The molecule has 146 valence electrons. The van der Waals surface area contributed by atoms with Crippen molar-refractivity contribution in [1.29, 1.82) is 0 Å². The molecule has 1 atom stereocenters. The van der Waals surface area contributed by atoms with Crippen molar-refractivity contribution in [1.82, 2.24) is 4.90 Å². The highest BCUT2D eigenvalue weighted by molar-refractivity contribution is 7.86. The van der Waals surface area contributed by atoms with Crippen LogP contribution in [0.2, 0.25) is 0 Å². The summed E-state index contributed by atoms with van der Waals surface area (Å²) >= 11 is 0. The number of hydrogen-bond donors (Lipinski definition) is 0. The van der Waals surface area contributed by atoms with E-state index in [1.165, 1.54) is 7.11 Å². The molecule has 27 heavy (non-hydrogen) atoms. The molecule has 0 unspecified atom stereocenters. The van der Waals surface area contributed by atoms with Crippen LogP contribution in [-0.2, 0) is 16.7 Å². The second kappa shape index (κ2) is 8.90. The second-order valence-electron chi connectivity index (χ2n) is 6.33. The molecule has 0 saturated carbocycles. The van der Waals surface area contributed by atoms with Crippen molar-refractivity contribution in [3.8, 4) is 11.5 Å². The van der Waals surface area contributed by atoms with E-state index in [2.05, 4.69) is 0 Å². The van der Waals surface area contributed by atoms with Gasteiger partial charge in [0.2, 0.25) is 0 Å². The Bertz CT molecular complexity index is 881. The molecule has 2 aromatic carbocycles. The number of methoxy groups -OCH3 is 1. The van der Waals surface area contributed by atoms with E-state index in [1.54, 1.807) is 35.2 Å². The van der Waals surface area contributed by atoms with Gasteiger partial charge in [-0.05, 0) is 43.2 Å². The largest absolute Gasteiger partial charge is 0.493 e. The third-order valence-corrected chi connectivity index (χ3v) is 4.71. The van der Waals surface area contributed by atoms with Crippen LogP contribution in [-0.4, -0.2) is 38.6 Å². The van der Waals surface area contributed by atoms with Gasteiger partial charge in [0, 0.05) is 18.2 Å². The van der Waals surface area contributed by atoms with Gasteiger partial charge in [0.05, 0.1) is 13.4 Å². The number of carbonyl (C=O) groups excluding carboxylic acids is 1. The molecule has 0 N–H and O–H groups in total. The van der Waals surface area contributed by atoms with Crippen molar-refractivity contribution in [3.05, 3.63) is 59.7 Å². The van der Waals surface area contributed by atoms with E-state index in [1.807, 2.05) is 32.0 Å². The molecule has 0 heterocycles. The van der Waals surface area contributed by atoms with Gasteiger partial charge in [0.25, 0.3) is 5.91 Å². The predicted molar refractivity (Wildman–Crippen MR) is 105 cm³/mol. The van der Waals surface area contributed by atoms with Crippen LogP contribution in [0.25, 0.3) is 0 Å². The summed E-state index contributed by atoms with van der Waals surface area (Å²) in [5, 5.41) is 0. The molecule has 0 spiro atoms. The Labute approximate surface area is 160 Å². The minimum Gasteiger partial charge on any atom is -0.493 e. The molecule has 0 aliphatic rings. The van der Waals surface area contributed by atoms with E-state index in [4.69, 9.17) is 8.92 Å². The van der Waals surface area contributed by atoms with E-state index >= 15 is 0 Å². The average Bonchev–Trinajstić information content (AvgIpc) is 2.64. The lowest BCUT2D eigenvalue weighted by Gasteiger charge is -2.29. The lowest BCUT2D eigenvalue weighted by molar-refractivity contribution is 0.0671. The predicted octanol–water partition coefficient (Wildman–Crippen LogP) is 3.47. The molecular weight excluding hydrogens is 366 g/mol. The summed E-state index contributed by atoms with van der Waals surface area (Å²) in [4.78, 5) is 14.7. The first-order chi connectivity index (χ1) is 12.7. The zero-order valence-corrected chi connectivity index (χ0v) is 16.8. The summed E-state index contributed by atoms with van der Waals surface area (Å²) in [5.74, 6) is 0.341. The zero-order valence-electron chi connectivity index (χ0n) is 16.0. The van der Waals surface area contributed by atoms with Crippen LogP contribution in [0.1, 0.15) is 36.2 Å². The minimum atomic E-state index is -3.70. The lowest BCUT2D eigenvalue weighted by atomic mass is 10.1. The molecule has 2 rings (SSSR count). The van der Waals surface area contributed by atoms with Crippen LogP contribution in [0.5, 0.6) is 11.5 Å². The highest BCUT2D eigenvalue weighted by Gasteiger charge is 2.21. The highest BCUT2D eigenvalue weighted by Crippen LogP contribution is 2.30. The first kappa shape index (κ1) is 20.8. The number of rotatable bonds is 8. The smallest absolute Gasteiger partial charge is 0.306 e. The van der Waals surface area contributed by atoms with Gasteiger partial charge >= 0.3 is 10.1 Å². The van der Waals surface area contributed by atoms with Crippen molar-refractivity contribution in [2.45, 2.75) is 32.9 Å². The Balaban J connectivity index is 2.34. The maximum Gasteiger partial charge on any atom is 0.306 e. The fraction of sp³-hybridized carbons (Fsp3) is 0.350. The maximum absolute atomic E-state index is 13.0. The first-order valence-corrected chi connectivity index (χ1v) is 10.5. The van der Waals surface area contributed by atoms with Gasteiger partial charge in [0.1, 0.15) is 0 Å². The molecule has 0 aliphatic carbocycles. The van der Waals surface area contributed by atoms with Gasteiger partial charge in [0.15, 0.2) is 11.5 Å². The fourth-order valence-electron chi connectivity index (χ4n) is 2.64. The third kappa shape index (κ3) is 5.72.